The highest BCUT2D eigenvalue weighted by Crippen LogP contribution is 2.29. The number of hydrogen-bond donors (Lipinski definition) is 2. The maximum absolute atomic E-state index is 10.1. The molecule has 0 aliphatic carbocycles. The third kappa shape index (κ3) is 3.33. The Kier molecular flexibility index (Phi) is 3.98. The van der Waals surface area contributed by atoms with Crippen LogP contribution in [0.5, 0.6) is 5.75 Å². The van der Waals surface area contributed by atoms with Crippen LogP contribution >= 0.6 is 0 Å². The van der Waals surface area contributed by atoms with Gasteiger partial charge in [-0.25, -0.2) is 4.98 Å². The second kappa shape index (κ2) is 4.92. The van der Waals surface area contributed by atoms with Crippen molar-refractivity contribution in [3.05, 3.63) is 18.3 Å². The Bertz CT molecular complexity index is 370. The fourth-order valence-corrected chi connectivity index (χ4v) is 1.21. The zero-order valence-corrected chi connectivity index (χ0v) is 11.2. The molecule has 1 aromatic rings. The first-order valence-electron chi connectivity index (χ1n) is 5.86. The molecule has 1 heterocycles. The zero-order valence-electron chi connectivity index (χ0n) is 11.2. The number of nitrogens with one attached hydrogen (secondary N) is 1. The van der Waals surface area contributed by atoms with Crippen LogP contribution < -0.4 is 10.1 Å². The van der Waals surface area contributed by atoms with E-state index in [0.717, 1.165) is 0 Å². The summed E-state index contributed by atoms with van der Waals surface area (Å²) in [4.78, 5) is 4.25. The maximum atomic E-state index is 10.1. The number of anilines is 1. The second-order valence-corrected chi connectivity index (χ2v) is 5.09. The van der Waals surface area contributed by atoms with E-state index in [9.17, 15) is 5.11 Å². The van der Waals surface area contributed by atoms with Crippen molar-refractivity contribution in [3.63, 3.8) is 0 Å². The van der Waals surface area contributed by atoms with Crippen molar-refractivity contribution in [2.45, 2.75) is 45.8 Å². The van der Waals surface area contributed by atoms with Crippen molar-refractivity contribution >= 4 is 5.82 Å². The molecule has 0 aromatic carbocycles. The maximum Gasteiger partial charge on any atom is 0.169 e. The molecule has 4 heteroatoms. The number of hydrogen-bond acceptors (Lipinski definition) is 4. The molecule has 0 atom stereocenters. The molecule has 2 N–H and O–H groups in total. The summed E-state index contributed by atoms with van der Waals surface area (Å²) < 4.78 is 5.49. The van der Waals surface area contributed by atoms with Gasteiger partial charge in [0.05, 0.1) is 17.7 Å². The van der Waals surface area contributed by atoms with Gasteiger partial charge in [-0.15, -0.1) is 0 Å². The summed E-state index contributed by atoms with van der Waals surface area (Å²) in [6.07, 6.45) is 1.70. The number of nitrogens with zero attached hydrogens (tertiary/aromatic N) is 1. The van der Waals surface area contributed by atoms with Gasteiger partial charge in [0.2, 0.25) is 0 Å². The number of ether oxygens (including phenoxy) is 1. The average Bonchev–Trinajstić information content (AvgIpc) is 2.19. The third-order valence-electron chi connectivity index (χ3n) is 3.03. The lowest BCUT2D eigenvalue weighted by molar-refractivity contribution is 0.0238. The normalized spacial score (nSPS) is 12.4. The predicted octanol–water partition coefficient (Wildman–Crippen LogP) is 2.44. The molecule has 0 aliphatic rings. The summed E-state index contributed by atoms with van der Waals surface area (Å²) in [6, 6.07) is 3.69. The molecule has 0 fully saturated rings. The summed E-state index contributed by atoms with van der Waals surface area (Å²) in [7, 11) is 0. The van der Waals surface area contributed by atoms with Crippen molar-refractivity contribution in [3.8, 4) is 5.75 Å². The molecule has 17 heavy (non-hydrogen) atoms. The van der Waals surface area contributed by atoms with Crippen LogP contribution in [0.2, 0.25) is 0 Å². The van der Waals surface area contributed by atoms with Gasteiger partial charge in [0.15, 0.2) is 11.6 Å². The van der Waals surface area contributed by atoms with E-state index in [-0.39, 0.29) is 0 Å². The quantitative estimate of drug-likeness (QED) is 0.827. The SMILES string of the molecule is CCOc1cccnc1NC(C)(C)C(C)(C)O. The zero-order chi connectivity index (χ0) is 13.1. The van der Waals surface area contributed by atoms with E-state index >= 15 is 0 Å². The summed E-state index contributed by atoms with van der Waals surface area (Å²) in [5.74, 6) is 1.36. The van der Waals surface area contributed by atoms with Crippen LogP contribution in [-0.4, -0.2) is 27.8 Å². The second-order valence-electron chi connectivity index (χ2n) is 5.09. The first-order valence-corrected chi connectivity index (χ1v) is 5.86. The third-order valence-corrected chi connectivity index (χ3v) is 3.03. The van der Waals surface area contributed by atoms with E-state index in [2.05, 4.69) is 10.3 Å². The van der Waals surface area contributed by atoms with Gasteiger partial charge in [-0.2, -0.15) is 0 Å². The van der Waals surface area contributed by atoms with Gasteiger partial charge < -0.3 is 15.2 Å². The Morgan fingerprint density at radius 3 is 2.53 bits per heavy atom. The largest absolute Gasteiger partial charge is 0.490 e. The minimum absolute atomic E-state index is 0.507. The number of aromatic nitrogens is 1. The smallest absolute Gasteiger partial charge is 0.169 e. The van der Waals surface area contributed by atoms with E-state index in [4.69, 9.17) is 4.74 Å². The topological polar surface area (TPSA) is 54.4 Å². The van der Waals surface area contributed by atoms with Crippen LogP contribution in [-0.2, 0) is 0 Å². The molecule has 1 aromatic heterocycles. The fraction of sp³-hybridized carbons (Fsp3) is 0.615. The monoisotopic (exact) mass is 238 g/mol. The van der Waals surface area contributed by atoms with Gasteiger partial charge >= 0.3 is 0 Å². The number of rotatable bonds is 5. The van der Waals surface area contributed by atoms with E-state index in [1.54, 1.807) is 20.0 Å². The predicted molar refractivity (Wildman–Crippen MR) is 69.4 cm³/mol. The van der Waals surface area contributed by atoms with Crippen LogP contribution in [0.3, 0.4) is 0 Å². The first kappa shape index (κ1) is 13.8. The minimum Gasteiger partial charge on any atom is -0.490 e. The van der Waals surface area contributed by atoms with Gasteiger partial charge in [0.1, 0.15) is 0 Å². The lowest BCUT2D eigenvalue weighted by Gasteiger charge is -2.38. The van der Waals surface area contributed by atoms with Gasteiger partial charge in [0, 0.05) is 6.20 Å². The Morgan fingerprint density at radius 2 is 2.00 bits per heavy atom. The van der Waals surface area contributed by atoms with E-state index in [1.807, 2.05) is 32.9 Å². The highest BCUT2D eigenvalue weighted by molar-refractivity contribution is 5.51. The summed E-state index contributed by atoms with van der Waals surface area (Å²) in [6.45, 7) is 9.91. The average molecular weight is 238 g/mol. The Hall–Kier alpha value is -1.29. The summed E-state index contributed by atoms with van der Waals surface area (Å²) >= 11 is 0. The van der Waals surface area contributed by atoms with Gasteiger partial charge in [-0.05, 0) is 46.8 Å². The molecule has 0 spiro atoms. The highest BCUT2D eigenvalue weighted by atomic mass is 16.5. The summed E-state index contributed by atoms with van der Waals surface area (Å²) in [5, 5.41) is 13.3. The van der Waals surface area contributed by atoms with Crippen molar-refractivity contribution in [2.24, 2.45) is 0 Å². The molecule has 0 unspecified atom stereocenters. The van der Waals surface area contributed by atoms with Gasteiger partial charge in [0.25, 0.3) is 0 Å². The molecular formula is C13H22N2O2. The fourth-order valence-electron chi connectivity index (χ4n) is 1.21. The molecule has 4 nitrogen and oxygen atoms in total. The molecule has 96 valence electrons. The van der Waals surface area contributed by atoms with Crippen LogP contribution in [0.25, 0.3) is 0 Å². The minimum atomic E-state index is -0.867. The molecule has 0 saturated heterocycles. The van der Waals surface area contributed by atoms with Crippen molar-refractivity contribution in [2.75, 3.05) is 11.9 Å². The summed E-state index contributed by atoms with van der Waals surface area (Å²) in [5.41, 5.74) is -1.37. The van der Waals surface area contributed by atoms with Crippen molar-refractivity contribution in [1.29, 1.82) is 0 Å². The molecule has 0 bridgehead atoms. The van der Waals surface area contributed by atoms with Crippen LogP contribution in [0.1, 0.15) is 34.6 Å². The number of aliphatic hydroxyl groups is 1. The standard InChI is InChI=1S/C13H22N2O2/c1-6-17-10-8-7-9-14-11(10)15-12(2,3)13(4,5)16/h7-9,16H,6H2,1-5H3,(H,14,15). The number of pyridine rings is 1. The molecule has 0 radical (unpaired) electrons. The Balaban J connectivity index is 2.95. The first-order chi connectivity index (χ1) is 7.78. The van der Waals surface area contributed by atoms with Crippen LogP contribution in [0.15, 0.2) is 18.3 Å². The van der Waals surface area contributed by atoms with Crippen LogP contribution in [0, 0.1) is 0 Å². The Morgan fingerprint density at radius 1 is 1.35 bits per heavy atom. The highest BCUT2D eigenvalue weighted by Gasteiger charge is 2.35. The molecule has 0 amide bonds. The van der Waals surface area contributed by atoms with Crippen molar-refractivity contribution < 1.29 is 9.84 Å². The lowest BCUT2D eigenvalue weighted by Crippen LogP contribution is -2.51. The van der Waals surface area contributed by atoms with E-state index < -0.39 is 11.1 Å². The molecular weight excluding hydrogens is 216 g/mol. The van der Waals surface area contributed by atoms with Gasteiger partial charge in [-0.1, -0.05) is 0 Å². The Labute approximate surface area is 103 Å². The van der Waals surface area contributed by atoms with E-state index in [0.29, 0.717) is 18.2 Å². The van der Waals surface area contributed by atoms with Gasteiger partial charge in [-0.3, -0.25) is 0 Å². The van der Waals surface area contributed by atoms with Crippen LogP contribution in [0.4, 0.5) is 5.82 Å². The van der Waals surface area contributed by atoms with Crippen molar-refractivity contribution in [1.82, 2.24) is 4.98 Å². The van der Waals surface area contributed by atoms with E-state index in [1.165, 1.54) is 0 Å². The molecule has 0 aliphatic heterocycles. The molecule has 1 rings (SSSR count). The molecule has 0 saturated carbocycles. The lowest BCUT2D eigenvalue weighted by atomic mass is 9.86.